The summed E-state index contributed by atoms with van der Waals surface area (Å²) in [5, 5.41) is 3.25. The summed E-state index contributed by atoms with van der Waals surface area (Å²) in [5.74, 6) is 1.06. The van der Waals surface area contributed by atoms with Crippen molar-refractivity contribution in [2.45, 2.75) is 24.8 Å². The van der Waals surface area contributed by atoms with E-state index in [1.807, 2.05) is 17.8 Å². The molecule has 16 heavy (non-hydrogen) atoms. The molecule has 0 aliphatic carbocycles. The van der Waals surface area contributed by atoms with Crippen LogP contribution in [0, 0.1) is 0 Å². The van der Waals surface area contributed by atoms with Crippen molar-refractivity contribution in [3.8, 4) is 0 Å². The van der Waals surface area contributed by atoms with Crippen LogP contribution in [-0.2, 0) is 6.54 Å². The summed E-state index contributed by atoms with van der Waals surface area (Å²) in [6.45, 7) is 3.45. The zero-order valence-corrected chi connectivity index (χ0v) is 11.8. The molecule has 0 aliphatic heterocycles. The molecular formula is C12H17BrFNS. The number of hydrogen-bond donors (Lipinski definition) is 1. The highest BCUT2D eigenvalue weighted by atomic mass is 79.9. The quantitative estimate of drug-likeness (QED) is 0.603. The second-order valence-electron chi connectivity index (χ2n) is 3.40. The topological polar surface area (TPSA) is 12.0 Å². The van der Waals surface area contributed by atoms with E-state index in [1.165, 1.54) is 10.5 Å². The molecule has 1 aromatic rings. The van der Waals surface area contributed by atoms with Crippen LogP contribution in [0.5, 0.6) is 0 Å². The molecule has 4 heteroatoms. The van der Waals surface area contributed by atoms with E-state index in [-0.39, 0.29) is 6.67 Å². The summed E-state index contributed by atoms with van der Waals surface area (Å²) in [7, 11) is 0. The summed E-state index contributed by atoms with van der Waals surface area (Å²) >= 11 is 5.31. The Morgan fingerprint density at radius 2 is 2.25 bits per heavy atom. The molecule has 1 N–H and O–H groups in total. The number of nitrogens with one attached hydrogen (secondary N) is 1. The first kappa shape index (κ1) is 14.0. The average Bonchev–Trinajstić information content (AvgIpc) is 2.27. The minimum Gasteiger partial charge on any atom is -0.313 e. The van der Waals surface area contributed by atoms with E-state index in [0.717, 1.165) is 23.3 Å². The molecule has 0 heterocycles. The second kappa shape index (κ2) is 8.09. The summed E-state index contributed by atoms with van der Waals surface area (Å²) < 4.78 is 13.0. The van der Waals surface area contributed by atoms with E-state index in [4.69, 9.17) is 0 Å². The molecule has 0 spiro atoms. The predicted octanol–water partition coefficient (Wildman–Crippen LogP) is 4.01. The fraction of sp³-hybridized carbons (Fsp3) is 0.500. The fourth-order valence-electron chi connectivity index (χ4n) is 1.38. The first-order valence-corrected chi connectivity index (χ1v) is 7.23. The van der Waals surface area contributed by atoms with E-state index in [1.54, 1.807) is 0 Å². The van der Waals surface area contributed by atoms with Crippen LogP contribution < -0.4 is 5.32 Å². The lowest BCUT2D eigenvalue weighted by Gasteiger charge is -2.09. The van der Waals surface area contributed by atoms with Crippen molar-refractivity contribution in [2.24, 2.45) is 0 Å². The van der Waals surface area contributed by atoms with E-state index >= 15 is 0 Å². The maximum absolute atomic E-state index is 11.9. The van der Waals surface area contributed by atoms with Crippen molar-refractivity contribution in [3.05, 3.63) is 28.2 Å². The number of thioether (sulfide) groups is 1. The van der Waals surface area contributed by atoms with Gasteiger partial charge in [0.05, 0.1) is 6.67 Å². The van der Waals surface area contributed by atoms with Crippen LogP contribution >= 0.6 is 27.7 Å². The van der Waals surface area contributed by atoms with Gasteiger partial charge in [-0.05, 0) is 36.4 Å². The highest BCUT2D eigenvalue weighted by Gasteiger charge is 2.02. The Morgan fingerprint density at radius 1 is 1.44 bits per heavy atom. The standard InChI is InChI=1S/C12H17BrFNS/c1-2-16-12-8-11(13)5-4-10(12)9-15-7-3-6-14/h4-5,8,15H,2-3,6-7,9H2,1H3. The minimum absolute atomic E-state index is 0.246. The van der Waals surface area contributed by atoms with Crippen LogP contribution in [0.1, 0.15) is 18.9 Å². The zero-order chi connectivity index (χ0) is 11.8. The lowest BCUT2D eigenvalue weighted by molar-refractivity contribution is 0.459. The number of benzene rings is 1. The third kappa shape index (κ3) is 4.85. The van der Waals surface area contributed by atoms with Crippen LogP contribution in [0.4, 0.5) is 4.39 Å². The van der Waals surface area contributed by atoms with Gasteiger partial charge in [0.1, 0.15) is 0 Å². The lowest BCUT2D eigenvalue weighted by atomic mass is 10.2. The molecule has 1 nitrogen and oxygen atoms in total. The molecule has 1 rings (SSSR count). The Bertz CT molecular complexity index is 320. The third-order valence-electron chi connectivity index (χ3n) is 2.13. The van der Waals surface area contributed by atoms with Crippen molar-refractivity contribution in [3.63, 3.8) is 0 Å². The Kier molecular flexibility index (Phi) is 7.08. The Balaban J connectivity index is 2.56. The molecule has 0 aliphatic rings. The van der Waals surface area contributed by atoms with Gasteiger partial charge in [0, 0.05) is 15.9 Å². The number of halogens is 2. The third-order valence-corrected chi connectivity index (χ3v) is 3.60. The van der Waals surface area contributed by atoms with Crippen molar-refractivity contribution in [1.82, 2.24) is 5.32 Å². The van der Waals surface area contributed by atoms with Crippen molar-refractivity contribution < 1.29 is 4.39 Å². The molecule has 0 amide bonds. The molecule has 0 atom stereocenters. The van der Waals surface area contributed by atoms with Crippen molar-refractivity contribution >= 4 is 27.7 Å². The van der Waals surface area contributed by atoms with E-state index in [0.29, 0.717) is 6.42 Å². The number of hydrogen-bond acceptors (Lipinski definition) is 2. The second-order valence-corrected chi connectivity index (χ2v) is 5.63. The van der Waals surface area contributed by atoms with Gasteiger partial charge in [-0.3, -0.25) is 4.39 Å². The Hall–Kier alpha value is -0.0600. The predicted molar refractivity (Wildman–Crippen MR) is 72.8 cm³/mol. The normalized spacial score (nSPS) is 10.7. The number of alkyl halides is 1. The lowest BCUT2D eigenvalue weighted by Crippen LogP contribution is -2.15. The van der Waals surface area contributed by atoms with E-state index in [9.17, 15) is 4.39 Å². The summed E-state index contributed by atoms with van der Waals surface area (Å²) in [6, 6.07) is 6.30. The Labute approximate surface area is 109 Å². The molecule has 0 aromatic heterocycles. The van der Waals surface area contributed by atoms with Crippen LogP contribution in [0.3, 0.4) is 0 Å². The fourth-order valence-corrected chi connectivity index (χ4v) is 2.74. The molecule has 1 aromatic carbocycles. The van der Waals surface area contributed by atoms with Gasteiger partial charge in [0.25, 0.3) is 0 Å². The van der Waals surface area contributed by atoms with Crippen molar-refractivity contribution in [1.29, 1.82) is 0 Å². The largest absolute Gasteiger partial charge is 0.313 e. The SMILES string of the molecule is CCSc1cc(Br)ccc1CNCCCF. The first-order chi connectivity index (χ1) is 7.77. The van der Waals surface area contributed by atoms with Gasteiger partial charge in [-0.25, -0.2) is 0 Å². The van der Waals surface area contributed by atoms with Crippen LogP contribution in [-0.4, -0.2) is 19.0 Å². The maximum atomic E-state index is 11.9. The highest BCUT2D eigenvalue weighted by Crippen LogP contribution is 2.26. The smallest absolute Gasteiger partial charge is 0.0906 e. The summed E-state index contributed by atoms with van der Waals surface area (Å²) in [4.78, 5) is 1.30. The zero-order valence-electron chi connectivity index (χ0n) is 9.43. The Morgan fingerprint density at radius 3 is 2.94 bits per heavy atom. The monoisotopic (exact) mass is 305 g/mol. The maximum Gasteiger partial charge on any atom is 0.0906 e. The molecule has 0 unspecified atom stereocenters. The van der Waals surface area contributed by atoms with Crippen LogP contribution in [0.2, 0.25) is 0 Å². The van der Waals surface area contributed by atoms with Gasteiger partial charge in [0.2, 0.25) is 0 Å². The van der Waals surface area contributed by atoms with E-state index in [2.05, 4.69) is 40.3 Å². The van der Waals surface area contributed by atoms with E-state index < -0.39 is 0 Å². The van der Waals surface area contributed by atoms with Gasteiger partial charge < -0.3 is 5.32 Å². The van der Waals surface area contributed by atoms with Crippen LogP contribution in [0.25, 0.3) is 0 Å². The summed E-state index contributed by atoms with van der Waals surface area (Å²) in [5.41, 5.74) is 1.29. The molecule has 0 fully saturated rings. The average molecular weight is 306 g/mol. The van der Waals surface area contributed by atoms with Gasteiger partial charge >= 0.3 is 0 Å². The highest BCUT2D eigenvalue weighted by molar-refractivity contribution is 9.10. The van der Waals surface area contributed by atoms with Crippen molar-refractivity contribution in [2.75, 3.05) is 19.0 Å². The molecule has 0 saturated carbocycles. The molecular weight excluding hydrogens is 289 g/mol. The van der Waals surface area contributed by atoms with Gasteiger partial charge in [0.15, 0.2) is 0 Å². The van der Waals surface area contributed by atoms with Gasteiger partial charge in [-0.2, -0.15) is 0 Å². The molecule has 0 bridgehead atoms. The summed E-state index contributed by atoms with van der Waals surface area (Å²) in [6.07, 6.45) is 0.590. The molecule has 0 saturated heterocycles. The molecule has 90 valence electrons. The van der Waals surface area contributed by atoms with Gasteiger partial charge in [-0.1, -0.05) is 28.9 Å². The molecule has 0 radical (unpaired) electrons. The van der Waals surface area contributed by atoms with Gasteiger partial charge in [-0.15, -0.1) is 11.8 Å². The van der Waals surface area contributed by atoms with Crippen LogP contribution in [0.15, 0.2) is 27.6 Å². The first-order valence-electron chi connectivity index (χ1n) is 5.45. The minimum atomic E-state index is -0.246. The number of rotatable bonds is 7.